The Kier molecular flexibility index (Phi) is 12.5. The average molecular weight is 767 g/mol. The first-order valence-electron chi connectivity index (χ1n) is 20.0. The van der Waals surface area contributed by atoms with Crippen LogP contribution in [0.3, 0.4) is 0 Å². The van der Waals surface area contributed by atoms with Gasteiger partial charge in [-0.2, -0.15) is 0 Å². The van der Waals surface area contributed by atoms with Crippen molar-refractivity contribution in [2.24, 2.45) is 17.8 Å². The van der Waals surface area contributed by atoms with Crippen LogP contribution in [-0.4, -0.2) is 110 Å². The van der Waals surface area contributed by atoms with Crippen LogP contribution >= 0.6 is 11.6 Å². The summed E-state index contributed by atoms with van der Waals surface area (Å²) in [5.41, 5.74) is 3.50. The number of piperazine rings is 1. The van der Waals surface area contributed by atoms with Crippen LogP contribution in [0.5, 0.6) is 5.75 Å². The number of ether oxygens (including phenoxy) is 3. The van der Waals surface area contributed by atoms with E-state index in [2.05, 4.69) is 57.6 Å². The van der Waals surface area contributed by atoms with Crippen LogP contribution in [0.15, 0.2) is 48.6 Å². The molecular formula is C42H59ClN4O5S. The number of nitrogens with one attached hydrogen (secondary N) is 1. The Morgan fingerprint density at radius 3 is 2.58 bits per heavy atom. The van der Waals surface area contributed by atoms with Crippen molar-refractivity contribution in [3.63, 3.8) is 0 Å². The molecule has 9 nitrogen and oxygen atoms in total. The fourth-order valence-electron chi connectivity index (χ4n) is 9.32. The minimum absolute atomic E-state index is 0.0996. The lowest BCUT2D eigenvalue weighted by Gasteiger charge is -2.52. The van der Waals surface area contributed by atoms with Crippen LogP contribution in [0.2, 0.25) is 5.02 Å². The molecule has 1 N–H and O–H groups in total. The van der Waals surface area contributed by atoms with E-state index < -0.39 is 16.6 Å². The molecule has 2 bridgehead atoms. The summed E-state index contributed by atoms with van der Waals surface area (Å²) in [6.45, 7) is 15.1. The van der Waals surface area contributed by atoms with Gasteiger partial charge in [0.1, 0.15) is 22.3 Å². The Balaban J connectivity index is 1.22. The number of allylic oxidation sites excluding steroid dienone is 1. The SMILES string of the molecule is CCCc1cc(Cl)ccc1C1COc2ccc3cc2N(C1)CC1CCC1C(CN1CCN(C2CCOC2)CC1)(OC)/C=C/CC(C)C(C)S(=O)NC3=O. The molecule has 4 aliphatic heterocycles. The number of nitrogens with zero attached hydrogens (tertiary/aromatic N) is 3. The highest BCUT2D eigenvalue weighted by molar-refractivity contribution is 7.84. The molecule has 2 aromatic carbocycles. The first-order valence-corrected chi connectivity index (χ1v) is 21.6. The van der Waals surface area contributed by atoms with Crippen LogP contribution in [0.4, 0.5) is 5.69 Å². The third-order valence-corrected chi connectivity index (χ3v) is 14.7. The zero-order valence-electron chi connectivity index (χ0n) is 32.1. The van der Waals surface area contributed by atoms with Crippen molar-refractivity contribution in [1.29, 1.82) is 0 Å². The van der Waals surface area contributed by atoms with Crippen molar-refractivity contribution in [1.82, 2.24) is 14.5 Å². The maximum absolute atomic E-state index is 13.6. The Bertz CT molecular complexity index is 1650. The van der Waals surface area contributed by atoms with E-state index in [1.165, 1.54) is 11.1 Å². The monoisotopic (exact) mass is 766 g/mol. The van der Waals surface area contributed by atoms with Crippen LogP contribution in [0.25, 0.3) is 0 Å². The number of carbonyl (C=O) groups is 1. The predicted molar refractivity (Wildman–Crippen MR) is 214 cm³/mol. The number of hydrogen-bond donors (Lipinski definition) is 1. The van der Waals surface area contributed by atoms with Gasteiger partial charge in [-0.05, 0) is 98.2 Å². The molecule has 1 amide bonds. The van der Waals surface area contributed by atoms with Crippen molar-refractivity contribution >= 4 is 34.2 Å². The maximum atomic E-state index is 13.6. The second-order valence-corrected chi connectivity index (χ2v) is 18.1. The van der Waals surface area contributed by atoms with Gasteiger partial charge in [0.25, 0.3) is 5.91 Å². The molecule has 2 aromatic rings. The molecule has 5 aliphatic rings. The third-order valence-electron chi connectivity index (χ3n) is 12.9. The molecule has 1 aliphatic carbocycles. The molecular weight excluding hydrogens is 708 g/mol. The smallest absolute Gasteiger partial charge is 0.263 e. The van der Waals surface area contributed by atoms with Gasteiger partial charge >= 0.3 is 0 Å². The highest BCUT2D eigenvalue weighted by Crippen LogP contribution is 2.47. The first-order chi connectivity index (χ1) is 25.7. The number of aryl methyl sites for hydroxylation is 1. The molecule has 8 atom stereocenters. The van der Waals surface area contributed by atoms with E-state index in [9.17, 15) is 9.00 Å². The molecule has 4 heterocycles. The quantitative estimate of drug-likeness (QED) is 0.322. The van der Waals surface area contributed by atoms with E-state index in [0.29, 0.717) is 30.0 Å². The molecule has 53 heavy (non-hydrogen) atoms. The highest BCUT2D eigenvalue weighted by Gasteiger charge is 2.49. The van der Waals surface area contributed by atoms with E-state index in [4.69, 9.17) is 25.8 Å². The number of carbonyl (C=O) groups excluding carboxylic acids is 1. The minimum atomic E-state index is -1.55. The zero-order valence-corrected chi connectivity index (χ0v) is 33.6. The van der Waals surface area contributed by atoms with Crippen molar-refractivity contribution in [3.05, 3.63) is 70.3 Å². The Labute approximate surface area is 324 Å². The van der Waals surface area contributed by atoms with Gasteiger partial charge in [0.2, 0.25) is 0 Å². The molecule has 11 heteroatoms. The van der Waals surface area contributed by atoms with Gasteiger partial charge in [0.15, 0.2) is 0 Å². The summed E-state index contributed by atoms with van der Waals surface area (Å²) in [6, 6.07) is 12.5. The molecule has 0 spiro atoms. The molecule has 3 fully saturated rings. The van der Waals surface area contributed by atoms with E-state index in [1.54, 1.807) is 6.07 Å². The summed E-state index contributed by atoms with van der Waals surface area (Å²) in [6.07, 6.45) is 10.7. The lowest BCUT2D eigenvalue weighted by atomic mass is 9.63. The highest BCUT2D eigenvalue weighted by atomic mass is 35.5. The average Bonchev–Trinajstić information content (AvgIpc) is 3.63. The van der Waals surface area contributed by atoms with Crippen molar-refractivity contribution in [2.75, 3.05) is 77.6 Å². The number of methoxy groups -OCH3 is 1. The van der Waals surface area contributed by atoms with E-state index in [1.807, 2.05) is 32.2 Å². The number of anilines is 1. The first kappa shape index (κ1) is 38.8. The molecule has 0 radical (unpaired) electrons. The zero-order chi connectivity index (χ0) is 37.1. The molecule has 1 saturated carbocycles. The van der Waals surface area contributed by atoms with Gasteiger partial charge in [-0.25, -0.2) is 4.21 Å². The standard InChI is InChI=1S/C42H59ClN4O5S/c1-5-7-31-22-35(43)11-12-37(31)34-25-47-24-33-9-13-38(33)42(50-4,28-45-17-19-46(20-18-45)36-15-21-51-27-36)16-6-8-29(2)30(3)53(49)44-41(48)32-10-14-40(52-26-34)39(47)23-32/h6,10-12,14,16,22-23,29-30,33-34,36,38H,5,7-9,13,15,17-21,24-28H2,1-4H3,(H,44,48)/b16-6+. The Hall–Kier alpha value is -2.47. The summed E-state index contributed by atoms with van der Waals surface area (Å²) in [5, 5.41) is 0.530. The van der Waals surface area contributed by atoms with Crippen molar-refractivity contribution < 1.29 is 23.2 Å². The summed E-state index contributed by atoms with van der Waals surface area (Å²) >= 11 is 6.51. The summed E-state index contributed by atoms with van der Waals surface area (Å²) < 4.78 is 35.4. The summed E-state index contributed by atoms with van der Waals surface area (Å²) in [5.74, 6) is 1.38. The number of amides is 1. The lowest BCUT2D eigenvalue weighted by molar-refractivity contribution is -0.0963. The van der Waals surface area contributed by atoms with Gasteiger partial charge in [-0.1, -0.05) is 50.1 Å². The fourth-order valence-corrected chi connectivity index (χ4v) is 10.5. The molecule has 2 saturated heterocycles. The van der Waals surface area contributed by atoms with Crippen LogP contribution in [0, 0.1) is 17.8 Å². The van der Waals surface area contributed by atoms with Crippen LogP contribution < -0.4 is 14.4 Å². The molecule has 290 valence electrons. The number of benzene rings is 2. The molecule has 0 aromatic heterocycles. The largest absolute Gasteiger partial charge is 0.491 e. The Morgan fingerprint density at radius 1 is 1.04 bits per heavy atom. The normalized spacial score (nSPS) is 33.6. The van der Waals surface area contributed by atoms with Gasteiger partial charge in [-0.3, -0.25) is 19.3 Å². The number of hydrogen-bond acceptors (Lipinski definition) is 8. The minimum Gasteiger partial charge on any atom is -0.491 e. The van der Waals surface area contributed by atoms with Crippen molar-refractivity contribution in [3.8, 4) is 5.75 Å². The van der Waals surface area contributed by atoms with Gasteiger partial charge in [0, 0.05) is 82.1 Å². The summed E-state index contributed by atoms with van der Waals surface area (Å²) in [4.78, 5) is 21.3. The molecule has 8 unspecified atom stereocenters. The number of halogens is 1. The predicted octanol–water partition coefficient (Wildman–Crippen LogP) is 6.47. The second-order valence-electron chi connectivity index (χ2n) is 16.2. The molecule has 7 rings (SSSR count). The van der Waals surface area contributed by atoms with Gasteiger partial charge < -0.3 is 19.1 Å². The van der Waals surface area contributed by atoms with Crippen LogP contribution in [-0.2, 0) is 26.9 Å². The van der Waals surface area contributed by atoms with Crippen molar-refractivity contribution in [2.45, 2.75) is 82.1 Å². The van der Waals surface area contributed by atoms with E-state index in [0.717, 1.165) is 114 Å². The van der Waals surface area contributed by atoms with Gasteiger partial charge in [-0.15, -0.1) is 0 Å². The maximum Gasteiger partial charge on any atom is 0.263 e. The lowest BCUT2D eigenvalue weighted by Crippen LogP contribution is -2.59. The number of rotatable bonds is 7. The third kappa shape index (κ3) is 8.53. The second kappa shape index (κ2) is 17.1. The topological polar surface area (TPSA) is 83.6 Å². The number of fused-ring (bicyclic) bond motifs is 2. The Morgan fingerprint density at radius 2 is 1.87 bits per heavy atom. The summed E-state index contributed by atoms with van der Waals surface area (Å²) in [7, 11) is 0.352. The van der Waals surface area contributed by atoms with E-state index >= 15 is 0 Å². The van der Waals surface area contributed by atoms with Gasteiger partial charge in [0.05, 0.1) is 24.2 Å². The van der Waals surface area contributed by atoms with Crippen LogP contribution in [0.1, 0.15) is 80.3 Å². The fraction of sp³-hybridized carbons (Fsp3) is 0.643. The van der Waals surface area contributed by atoms with E-state index in [-0.39, 0.29) is 23.0 Å².